The van der Waals surface area contributed by atoms with Gasteiger partial charge in [-0.05, 0) is 37.0 Å². The van der Waals surface area contributed by atoms with Gasteiger partial charge in [0.25, 0.3) is 0 Å². The maximum atomic E-state index is 12.1. The number of amides is 1. The van der Waals surface area contributed by atoms with Crippen LogP contribution in [0.2, 0.25) is 0 Å². The van der Waals surface area contributed by atoms with E-state index in [1.54, 1.807) is 12.1 Å². The fourth-order valence-electron chi connectivity index (χ4n) is 2.99. The Kier molecular flexibility index (Phi) is 6.77. The Balaban J connectivity index is 1.77. The zero-order valence-electron chi connectivity index (χ0n) is 13.0. The van der Waals surface area contributed by atoms with Crippen molar-refractivity contribution >= 4 is 5.91 Å². The molecular weight excluding hydrogens is 304 g/mol. The first-order valence-corrected chi connectivity index (χ1v) is 8.02. The van der Waals surface area contributed by atoms with E-state index in [-0.39, 0.29) is 30.2 Å². The van der Waals surface area contributed by atoms with Crippen LogP contribution in [0.25, 0.3) is 0 Å². The van der Waals surface area contributed by atoms with E-state index in [9.17, 15) is 18.7 Å². The van der Waals surface area contributed by atoms with Crippen molar-refractivity contribution < 1.29 is 23.4 Å². The molecule has 1 amide bonds. The van der Waals surface area contributed by atoms with Gasteiger partial charge in [-0.3, -0.25) is 4.79 Å². The predicted octanol–water partition coefficient (Wildman–Crippen LogP) is 2.89. The lowest BCUT2D eigenvalue weighted by Crippen LogP contribution is -2.43. The lowest BCUT2D eigenvalue weighted by molar-refractivity contribution is -0.122. The third-order valence-electron chi connectivity index (χ3n) is 4.28. The van der Waals surface area contributed by atoms with Crippen LogP contribution in [0.1, 0.15) is 37.7 Å². The van der Waals surface area contributed by atoms with Crippen LogP contribution in [0.3, 0.4) is 0 Å². The van der Waals surface area contributed by atoms with Crippen LogP contribution in [0.5, 0.6) is 5.75 Å². The average Bonchev–Trinajstić information content (AvgIpc) is 2.54. The number of aliphatic hydroxyl groups excluding tert-OH is 1. The molecule has 1 aromatic rings. The number of benzene rings is 1. The Labute approximate surface area is 134 Å². The monoisotopic (exact) mass is 327 g/mol. The number of halogens is 2. The van der Waals surface area contributed by atoms with Crippen LogP contribution < -0.4 is 10.1 Å². The molecule has 0 aliphatic heterocycles. The van der Waals surface area contributed by atoms with Gasteiger partial charge < -0.3 is 15.2 Å². The minimum atomic E-state index is -2.83. The first-order valence-electron chi connectivity index (χ1n) is 8.02. The standard InChI is InChI=1S/C17H23F2NO3/c18-17(19)23-14-8-5-12(6-9-14)7-10-16(22)20-15-4-2-1-3-13(15)11-21/h5-6,8-9,13,15,17,21H,1-4,7,10-11H2,(H,20,22). The molecule has 0 spiro atoms. The maximum Gasteiger partial charge on any atom is 0.387 e. The van der Waals surface area contributed by atoms with Crippen molar-refractivity contribution in [3.8, 4) is 5.75 Å². The van der Waals surface area contributed by atoms with Crippen molar-refractivity contribution in [3.63, 3.8) is 0 Å². The van der Waals surface area contributed by atoms with Gasteiger partial charge in [0.05, 0.1) is 0 Å². The van der Waals surface area contributed by atoms with Gasteiger partial charge in [0.15, 0.2) is 0 Å². The average molecular weight is 327 g/mol. The minimum Gasteiger partial charge on any atom is -0.435 e. The van der Waals surface area contributed by atoms with Crippen molar-refractivity contribution in [2.75, 3.05) is 6.61 Å². The molecular formula is C17H23F2NO3. The van der Waals surface area contributed by atoms with E-state index < -0.39 is 6.61 Å². The first kappa shape index (κ1) is 17.7. The van der Waals surface area contributed by atoms with Gasteiger partial charge in [-0.15, -0.1) is 0 Å². The molecule has 4 nitrogen and oxygen atoms in total. The summed E-state index contributed by atoms with van der Waals surface area (Å²) in [5.41, 5.74) is 0.893. The maximum absolute atomic E-state index is 12.1. The highest BCUT2D eigenvalue weighted by atomic mass is 19.3. The van der Waals surface area contributed by atoms with Crippen molar-refractivity contribution in [3.05, 3.63) is 29.8 Å². The van der Waals surface area contributed by atoms with E-state index >= 15 is 0 Å². The molecule has 0 heterocycles. The van der Waals surface area contributed by atoms with Gasteiger partial charge in [0.1, 0.15) is 5.75 Å². The molecule has 0 radical (unpaired) electrons. The second-order valence-electron chi connectivity index (χ2n) is 5.92. The Morgan fingerprint density at radius 3 is 2.61 bits per heavy atom. The number of hydrogen-bond donors (Lipinski definition) is 2. The Morgan fingerprint density at radius 2 is 1.96 bits per heavy atom. The summed E-state index contributed by atoms with van der Waals surface area (Å²) in [6.45, 7) is -2.72. The summed E-state index contributed by atoms with van der Waals surface area (Å²) >= 11 is 0. The van der Waals surface area contributed by atoms with Crippen molar-refractivity contribution in [1.29, 1.82) is 0 Å². The number of ether oxygens (including phenoxy) is 1. The van der Waals surface area contributed by atoms with E-state index in [1.165, 1.54) is 12.1 Å². The third-order valence-corrected chi connectivity index (χ3v) is 4.28. The van der Waals surface area contributed by atoms with Crippen molar-refractivity contribution in [1.82, 2.24) is 5.32 Å². The summed E-state index contributed by atoms with van der Waals surface area (Å²) < 4.78 is 28.4. The Bertz CT molecular complexity index is 493. The quantitative estimate of drug-likeness (QED) is 0.809. The molecule has 2 unspecified atom stereocenters. The minimum absolute atomic E-state index is 0.0387. The number of aliphatic hydroxyl groups is 1. The number of aryl methyl sites for hydroxylation is 1. The van der Waals surface area contributed by atoms with E-state index in [4.69, 9.17) is 0 Å². The van der Waals surface area contributed by atoms with Crippen LogP contribution in [0.15, 0.2) is 24.3 Å². The predicted molar refractivity (Wildman–Crippen MR) is 82.4 cm³/mol. The fourth-order valence-corrected chi connectivity index (χ4v) is 2.99. The molecule has 1 aliphatic rings. The third kappa shape index (κ3) is 5.78. The van der Waals surface area contributed by atoms with Gasteiger partial charge in [-0.2, -0.15) is 8.78 Å². The number of hydrogen-bond acceptors (Lipinski definition) is 3. The smallest absolute Gasteiger partial charge is 0.387 e. The van der Waals surface area contributed by atoms with E-state index in [2.05, 4.69) is 10.1 Å². The number of alkyl halides is 2. The normalized spacial score (nSPS) is 21.2. The number of carbonyl (C=O) groups excluding carboxylic acids is 1. The molecule has 128 valence electrons. The summed E-state index contributed by atoms with van der Waals surface area (Å²) in [5.74, 6) is 0.225. The van der Waals surface area contributed by atoms with Crippen LogP contribution in [0, 0.1) is 5.92 Å². The Hall–Kier alpha value is -1.69. The lowest BCUT2D eigenvalue weighted by Gasteiger charge is -2.30. The second-order valence-corrected chi connectivity index (χ2v) is 5.92. The molecule has 2 rings (SSSR count). The van der Waals surface area contributed by atoms with E-state index in [1.807, 2.05) is 0 Å². The zero-order valence-corrected chi connectivity index (χ0v) is 13.0. The molecule has 1 fully saturated rings. The molecule has 1 aliphatic carbocycles. The second kappa shape index (κ2) is 8.82. The summed E-state index contributed by atoms with van der Waals surface area (Å²) in [4.78, 5) is 12.0. The molecule has 6 heteroatoms. The molecule has 0 aromatic heterocycles. The largest absolute Gasteiger partial charge is 0.435 e. The van der Waals surface area contributed by atoms with Gasteiger partial charge in [-0.1, -0.05) is 25.0 Å². The zero-order chi connectivity index (χ0) is 16.7. The van der Waals surface area contributed by atoms with Crippen molar-refractivity contribution in [2.24, 2.45) is 5.92 Å². The Morgan fingerprint density at radius 1 is 1.26 bits per heavy atom. The lowest BCUT2D eigenvalue weighted by atomic mass is 9.85. The summed E-state index contributed by atoms with van der Waals surface area (Å²) in [5, 5.41) is 12.4. The highest BCUT2D eigenvalue weighted by Gasteiger charge is 2.25. The number of carbonyl (C=O) groups is 1. The van der Waals surface area contributed by atoms with Gasteiger partial charge >= 0.3 is 6.61 Å². The number of nitrogens with one attached hydrogen (secondary N) is 1. The topological polar surface area (TPSA) is 58.6 Å². The van der Waals surface area contributed by atoms with E-state index in [0.29, 0.717) is 12.8 Å². The van der Waals surface area contributed by atoms with E-state index in [0.717, 1.165) is 31.2 Å². The molecule has 2 N–H and O–H groups in total. The summed E-state index contributed by atoms with van der Waals surface area (Å²) in [6.07, 6.45) is 4.92. The van der Waals surface area contributed by atoms with Crippen LogP contribution >= 0.6 is 0 Å². The summed E-state index contributed by atoms with van der Waals surface area (Å²) in [7, 11) is 0. The molecule has 2 atom stereocenters. The SMILES string of the molecule is O=C(CCc1ccc(OC(F)F)cc1)NC1CCCCC1CO. The molecule has 1 aromatic carbocycles. The molecule has 0 saturated heterocycles. The van der Waals surface area contributed by atoms with Crippen LogP contribution in [0.4, 0.5) is 8.78 Å². The fraction of sp³-hybridized carbons (Fsp3) is 0.588. The molecule has 23 heavy (non-hydrogen) atoms. The van der Waals surface area contributed by atoms with Crippen molar-refractivity contribution in [2.45, 2.75) is 51.2 Å². The highest BCUT2D eigenvalue weighted by molar-refractivity contribution is 5.76. The first-order chi connectivity index (χ1) is 11.1. The molecule has 1 saturated carbocycles. The van der Waals surface area contributed by atoms with Gasteiger partial charge in [0.2, 0.25) is 5.91 Å². The molecule has 0 bridgehead atoms. The van der Waals surface area contributed by atoms with Gasteiger partial charge in [-0.25, -0.2) is 0 Å². The number of rotatable bonds is 7. The van der Waals surface area contributed by atoms with Crippen LogP contribution in [-0.2, 0) is 11.2 Å². The summed E-state index contributed by atoms with van der Waals surface area (Å²) in [6, 6.07) is 6.37. The highest BCUT2D eigenvalue weighted by Crippen LogP contribution is 2.24. The van der Waals surface area contributed by atoms with Gasteiger partial charge in [0, 0.05) is 25.0 Å². The van der Waals surface area contributed by atoms with Crippen LogP contribution in [-0.4, -0.2) is 30.3 Å².